The van der Waals surface area contributed by atoms with Crippen LogP contribution in [-0.2, 0) is 25.6 Å². The quantitative estimate of drug-likeness (QED) is 0.437. The van der Waals surface area contributed by atoms with Crippen molar-refractivity contribution in [2.75, 3.05) is 13.2 Å². The fourth-order valence-electron chi connectivity index (χ4n) is 2.32. The van der Waals surface area contributed by atoms with E-state index in [9.17, 15) is 14.8 Å². The second-order valence-corrected chi connectivity index (χ2v) is 5.14. The van der Waals surface area contributed by atoms with Crippen molar-refractivity contribution in [3.8, 4) is 0 Å². The molecule has 0 N–H and O–H groups in total. The van der Waals surface area contributed by atoms with Gasteiger partial charge in [-0.3, -0.25) is 0 Å². The Hall–Kier alpha value is -3.10. The average Bonchev–Trinajstić information content (AvgIpc) is 2.60. The SMILES string of the molecule is CCOC(=O)OCc1nc2ccccc2[n+]([O-])c1C(C)OC(=O)OCC. The van der Waals surface area contributed by atoms with E-state index in [-0.39, 0.29) is 31.2 Å². The van der Waals surface area contributed by atoms with Crippen molar-refractivity contribution in [2.24, 2.45) is 0 Å². The molecule has 0 amide bonds. The molecule has 26 heavy (non-hydrogen) atoms. The fourth-order valence-corrected chi connectivity index (χ4v) is 2.32. The van der Waals surface area contributed by atoms with Crippen molar-refractivity contribution >= 4 is 23.3 Å². The lowest BCUT2D eigenvalue weighted by Gasteiger charge is -2.16. The summed E-state index contributed by atoms with van der Waals surface area (Å²) < 4.78 is 20.1. The molecule has 0 fully saturated rings. The van der Waals surface area contributed by atoms with Crippen LogP contribution in [0.3, 0.4) is 0 Å². The summed E-state index contributed by atoms with van der Waals surface area (Å²) in [6, 6.07) is 6.65. The van der Waals surface area contributed by atoms with Gasteiger partial charge in [0.2, 0.25) is 5.52 Å². The first kappa shape index (κ1) is 19.2. The summed E-state index contributed by atoms with van der Waals surface area (Å²) in [5.74, 6) is 0. The zero-order chi connectivity index (χ0) is 19.1. The number of ether oxygens (including phenoxy) is 4. The zero-order valence-electron chi connectivity index (χ0n) is 14.8. The molecule has 0 bridgehead atoms. The first-order valence-electron chi connectivity index (χ1n) is 8.11. The van der Waals surface area contributed by atoms with Crippen LogP contribution in [0, 0.1) is 5.21 Å². The van der Waals surface area contributed by atoms with Crippen molar-refractivity contribution in [1.29, 1.82) is 0 Å². The number of hydrogen-bond acceptors (Lipinski definition) is 8. The first-order chi connectivity index (χ1) is 12.5. The molecule has 1 unspecified atom stereocenters. The highest BCUT2D eigenvalue weighted by atomic mass is 16.7. The Kier molecular flexibility index (Phi) is 6.54. The van der Waals surface area contributed by atoms with Gasteiger partial charge in [-0.25, -0.2) is 14.6 Å². The van der Waals surface area contributed by atoms with Gasteiger partial charge in [-0.15, -0.1) is 0 Å². The Balaban J connectivity index is 2.39. The molecular formula is C17H20N2O7. The number of para-hydroxylation sites is 2. The van der Waals surface area contributed by atoms with Crippen LogP contribution in [0.1, 0.15) is 38.3 Å². The standard InChI is InChI=1S/C17H20N2O7/c1-4-23-16(20)25-10-13-15(11(3)26-17(21)24-5-2)19(22)14-9-7-6-8-12(14)18-13/h6-9,11H,4-5,10H2,1-3H3. The number of benzene rings is 1. The highest BCUT2D eigenvalue weighted by Gasteiger charge is 2.28. The molecule has 9 nitrogen and oxygen atoms in total. The summed E-state index contributed by atoms with van der Waals surface area (Å²) in [5.41, 5.74) is 0.906. The van der Waals surface area contributed by atoms with Crippen molar-refractivity contribution in [2.45, 2.75) is 33.5 Å². The Morgan fingerprint density at radius 1 is 1.12 bits per heavy atom. The van der Waals surface area contributed by atoms with Gasteiger partial charge in [-0.2, -0.15) is 4.73 Å². The molecule has 0 radical (unpaired) electrons. The minimum atomic E-state index is -0.968. The average molecular weight is 364 g/mol. The molecule has 2 rings (SSSR count). The number of fused-ring (bicyclic) bond motifs is 1. The van der Waals surface area contributed by atoms with Crippen LogP contribution in [0.4, 0.5) is 9.59 Å². The summed E-state index contributed by atoms with van der Waals surface area (Å²) >= 11 is 0. The summed E-state index contributed by atoms with van der Waals surface area (Å²) in [5, 5.41) is 12.8. The summed E-state index contributed by atoms with van der Waals surface area (Å²) in [6.45, 7) is 4.76. The maximum absolute atomic E-state index is 12.8. The third-order valence-electron chi connectivity index (χ3n) is 3.38. The lowest BCUT2D eigenvalue weighted by Crippen LogP contribution is -2.37. The maximum Gasteiger partial charge on any atom is 0.509 e. The highest BCUT2D eigenvalue weighted by molar-refractivity contribution is 5.71. The second kappa shape index (κ2) is 8.84. The molecule has 0 aliphatic heterocycles. The Bertz CT molecular complexity index is 794. The van der Waals surface area contributed by atoms with E-state index in [1.54, 1.807) is 38.1 Å². The van der Waals surface area contributed by atoms with E-state index in [0.29, 0.717) is 15.8 Å². The summed E-state index contributed by atoms with van der Waals surface area (Å²) in [6.07, 6.45) is -2.76. The normalized spacial score (nSPS) is 11.7. The highest BCUT2D eigenvalue weighted by Crippen LogP contribution is 2.21. The largest absolute Gasteiger partial charge is 0.618 e. The van der Waals surface area contributed by atoms with Crippen LogP contribution in [-0.4, -0.2) is 30.5 Å². The number of carbonyl (C=O) groups excluding carboxylic acids is 2. The first-order valence-corrected chi connectivity index (χ1v) is 8.11. The Morgan fingerprint density at radius 3 is 2.46 bits per heavy atom. The molecular weight excluding hydrogens is 344 g/mol. The molecule has 0 saturated carbocycles. The fraction of sp³-hybridized carbons (Fsp3) is 0.412. The minimum absolute atomic E-state index is 0.0426. The molecule has 9 heteroatoms. The van der Waals surface area contributed by atoms with E-state index in [1.807, 2.05) is 0 Å². The van der Waals surface area contributed by atoms with Crippen LogP contribution in [0.5, 0.6) is 0 Å². The topological polar surface area (TPSA) is 111 Å². The minimum Gasteiger partial charge on any atom is -0.618 e. The molecule has 1 aromatic carbocycles. The van der Waals surface area contributed by atoms with Crippen LogP contribution in [0.2, 0.25) is 0 Å². The summed E-state index contributed by atoms with van der Waals surface area (Å²) in [4.78, 5) is 27.4. The smallest absolute Gasteiger partial charge is 0.509 e. The van der Waals surface area contributed by atoms with Gasteiger partial charge >= 0.3 is 12.3 Å². The molecule has 0 aliphatic carbocycles. The molecule has 1 atom stereocenters. The number of rotatable bonds is 6. The number of nitrogens with zero attached hydrogens (tertiary/aromatic N) is 2. The monoisotopic (exact) mass is 364 g/mol. The molecule has 1 heterocycles. The van der Waals surface area contributed by atoms with E-state index in [1.165, 1.54) is 6.92 Å². The van der Waals surface area contributed by atoms with Crippen LogP contribution >= 0.6 is 0 Å². The molecule has 2 aromatic rings. The Morgan fingerprint density at radius 2 is 1.77 bits per heavy atom. The maximum atomic E-state index is 12.8. The summed E-state index contributed by atoms with van der Waals surface area (Å²) in [7, 11) is 0. The van der Waals surface area contributed by atoms with Gasteiger partial charge in [-0.1, -0.05) is 12.1 Å². The van der Waals surface area contributed by atoms with Crippen LogP contribution in [0.15, 0.2) is 24.3 Å². The van der Waals surface area contributed by atoms with Gasteiger partial charge in [0.05, 0.1) is 13.2 Å². The van der Waals surface area contributed by atoms with Gasteiger partial charge in [0.25, 0.3) is 5.69 Å². The molecule has 0 saturated heterocycles. The van der Waals surface area contributed by atoms with Gasteiger partial charge in [0.1, 0.15) is 12.1 Å². The second-order valence-electron chi connectivity index (χ2n) is 5.14. The van der Waals surface area contributed by atoms with E-state index < -0.39 is 18.4 Å². The van der Waals surface area contributed by atoms with E-state index in [0.717, 1.165) is 0 Å². The van der Waals surface area contributed by atoms with Crippen molar-refractivity contribution < 1.29 is 33.3 Å². The predicted octanol–water partition coefficient (Wildman–Crippen LogP) is 2.78. The van der Waals surface area contributed by atoms with Gasteiger partial charge in [-0.05, 0) is 26.8 Å². The lowest BCUT2D eigenvalue weighted by molar-refractivity contribution is -0.591. The molecule has 140 valence electrons. The van der Waals surface area contributed by atoms with Gasteiger partial charge in [0.15, 0.2) is 11.8 Å². The number of carbonyl (C=O) groups is 2. The van der Waals surface area contributed by atoms with E-state index in [2.05, 4.69) is 4.98 Å². The van der Waals surface area contributed by atoms with Crippen molar-refractivity contribution in [1.82, 2.24) is 4.98 Å². The van der Waals surface area contributed by atoms with Gasteiger partial charge in [0, 0.05) is 6.07 Å². The lowest BCUT2D eigenvalue weighted by atomic mass is 10.2. The van der Waals surface area contributed by atoms with Crippen molar-refractivity contribution in [3.05, 3.63) is 40.9 Å². The predicted molar refractivity (Wildman–Crippen MR) is 89.0 cm³/mol. The third kappa shape index (κ3) is 4.50. The number of aromatic nitrogens is 2. The van der Waals surface area contributed by atoms with Crippen LogP contribution in [0.25, 0.3) is 11.0 Å². The van der Waals surface area contributed by atoms with E-state index >= 15 is 0 Å². The molecule has 0 aliphatic rings. The molecule has 1 aromatic heterocycles. The number of hydrogen-bond donors (Lipinski definition) is 0. The van der Waals surface area contributed by atoms with Crippen molar-refractivity contribution in [3.63, 3.8) is 0 Å². The van der Waals surface area contributed by atoms with Gasteiger partial charge < -0.3 is 24.2 Å². The van der Waals surface area contributed by atoms with E-state index in [4.69, 9.17) is 18.9 Å². The van der Waals surface area contributed by atoms with Crippen LogP contribution < -0.4 is 4.73 Å². The zero-order valence-corrected chi connectivity index (χ0v) is 14.8. The Labute approximate surface area is 150 Å². The molecule has 0 spiro atoms. The third-order valence-corrected chi connectivity index (χ3v) is 3.38.